The summed E-state index contributed by atoms with van der Waals surface area (Å²) < 4.78 is 26.5. The highest BCUT2D eigenvalue weighted by molar-refractivity contribution is 7.89. The molecule has 0 saturated heterocycles. The van der Waals surface area contributed by atoms with Crippen LogP contribution in [0.4, 0.5) is 0 Å². The van der Waals surface area contributed by atoms with E-state index in [0.29, 0.717) is 31.5 Å². The standard InChI is InChI=1S/C17H26N2O5S/c1-5-8-15(17(21)22)18-16(20)14-11-13(10-9-12(14)4)25(23,24)19(6-2)7-3/h9-11,15H,5-8H2,1-4H3,(H,18,20)(H,21,22). The van der Waals surface area contributed by atoms with Crippen molar-refractivity contribution in [2.45, 2.75) is 51.5 Å². The summed E-state index contributed by atoms with van der Waals surface area (Å²) in [5, 5.41) is 11.6. The molecule has 0 aliphatic carbocycles. The molecule has 25 heavy (non-hydrogen) atoms. The summed E-state index contributed by atoms with van der Waals surface area (Å²) in [6.45, 7) is 7.64. The molecule has 0 heterocycles. The van der Waals surface area contributed by atoms with Crippen molar-refractivity contribution in [2.75, 3.05) is 13.1 Å². The number of hydrogen-bond donors (Lipinski definition) is 2. The summed E-state index contributed by atoms with van der Waals surface area (Å²) in [6, 6.07) is 3.32. The highest BCUT2D eigenvalue weighted by Crippen LogP contribution is 2.20. The first-order valence-electron chi connectivity index (χ1n) is 8.33. The lowest BCUT2D eigenvalue weighted by molar-refractivity contribution is -0.139. The molecule has 0 aromatic heterocycles. The Bertz CT molecular complexity index is 727. The number of nitrogens with one attached hydrogen (secondary N) is 1. The SMILES string of the molecule is CCCC(NC(=O)c1cc(S(=O)(=O)N(CC)CC)ccc1C)C(=O)O. The zero-order chi connectivity index (χ0) is 19.2. The predicted octanol–water partition coefficient (Wildman–Crippen LogP) is 2.01. The van der Waals surface area contributed by atoms with Gasteiger partial charge in [0.1, 0.15) is 6.04 Å². The summed E-state index contributed by atoms with van der Waals surface area (Å²) in [5.74, 6) is -1.70. The lowest BCUT2D eigenvalue weighted by Gasteiger charge is -2.20. The van der Waals surface area contributed by atoms with Gasteiger partial charge in [0.05, 0.1) is 4.90 Å². The van der Waals surface area contributed by atoms with Crippen LogP contribution in [-0.2, 0) is 14.8 Å². The molecule has 1 aromatic rings. The minimum absolute atomic E-state index is 0.0225. The number of amides is 1. The zero-order valence-electron chi connectivity index (χ0n) is 15.1. The van der Waals surface area contributed by atoms with Crippen LogP contribution in [0, 0.1) is 6.92 Å². The van der Waals surface area contributed by atoms with Crippen LogP contribution in [0.2, 0.25) is 0 Å². The van der Waals surface area contributed by atoms with Crippen molar-refractivity contribution in [1.82, 2.24) is 9.62 Å². The van der Waals surface area contributed by atoms with Crippen molar-refractivity contribution in [1.29, 1.82) is 0 Å². The number of nitrogens with zero attached hydrogens (tertiary/aromatic N) is 1. The number of benzene rings is 1. The molecule has 0 aliphatic heterocycles. The first-order chi connectivity index (χ1) is 11.7. The van der Waals surface area contributed by atoms with E-state index < -0.39 is 27.9 Å². The van der Waals surface area contributed by atoms with Crippen molar-refractivity contribution in [3.8, 4) is 0 Å². The minimum atomic E-state index is -3.69. The number of carbonyl (C=O) groups excluding carboxylic acids is 1. The maximum Gasteiger partial charge on any atom is 0.326 e. The average molecular weight is 370 g/mol. The molecule has 8 heteroatoms. The molecule has 1 amide bonds. The monoisotopic (exact) mass is 370 g/mol. The molecule has 1 rings (SSSR count). The molecule has 7 nitrogen and oxygen atoms in total. The zero-order valence-corrected chi connectivity index (χ0v) is 15.9. The van der Waals surface area contributed by atoms with E-state index in [1.165, 1.54) is 16.4 Å². The fraction of sp³-hybridized carbons (Fsp3) is 0.529. The van der Waals surface area contributed by atoms with Crippen molar-refractivity contribution < 1.29 is 23.1 Å². The van der Waals surface area contributed by atoms with Gasteiger partial charge in [-0.2, -0.15) is 4.31 Å². The number of carbonyl (C=O) groups is 2. The molecule has 0 saturated carbocycles. The highest BCUT2D eigenvalue weighted by atomic mass is 32.2. The third kappa shape index (κ3) is 5.02. The van der Waals surface area contributed by atoms with Crippen LogP contribution in [0.15, 0.2) is 23.1 Å². The fourth-order valence-corrected chi connectivity index (χ4v) is 3.99. The maximum absolute atomic E-state index is 12.6. The normalized spacial score (nSPS) is 12.8. The Morgan fingerprint density at radius 3 is 2.28 bits per heavy atom. The largest absolute Gasteiger partial charge is 0.480 e. The van der Waals surface area contributed by atoms with E-state index in [4.69, 9.17) is 0 Å². The van der Waals surface area contributed by atoms with Crippen LogP contribution < -0.4 is 5.32 Å². The summed E-state index contributed by atoms with van der Waals surface area (Å²) in [6.07, 6.45) is 0.907. The number of aliphatic carboxylic acids is 1. The van der Waals surface area contributed by atoms with Gasteiger partial charge in [-0.15, -0.1) is 0 Å². The second kappa shape index (κ2) is 8.96. The molecule has 0 fully saturated rings. The fourth-order valence-electron chi connectivity index (χ4n) is 2.50. The van der Waals surface area contributed by atoms with Crippen LogP contribution in [0.5, 0.6) is 0 Å². The first-order valence-corrected chi connectivity index (χ1v) is 9.77. The molecule has 0 spiro atoms. The Labute approximate surface area is 149 Å². The first kappa shape index (κ1) is 21.1. The number of sulfonamides is 1. The third-order valence-electron chi connectivity index (χ3n) is 3.98. The molecule has 0 aliphatic rings. The van der Waals surface area contributed by atoms with Gasteiger partial charge in [-0.05, 0) is 31.0 Å². The molecule has 1 unspecified atom stereocenters. The van der Waals surface area contributed by atoms with Crippen LogP contribution in [0.3, 0.4) is 0 Å². The van der Waals surface area contributed by atoms with Gasteiger partial charge < -0.3 is 10.4 Å². The summed E-state index contributed by atoms with van der Waals surface area (Å²) >= 11 is 0. The number of aryl methyl sites for hydroxylation is 1. The highest BCUT2D eigenvalue weighted by Gasteiger charge is 2.25. The van der Waals surface area contributed by atoms with Crippen molar-refractivity contribution in [3.63, 3.8) is 0 Å². The number of rotatable bonds is 9. The Morgan fingerprint density at radius 1 is 1.20 bits per heavy atom. The summed E-state index contributed by atoms with van der Waals surface area (Å²) in [7, 11) is -3.69. The van der Waals surface area contributed by atoms with Gasteiger partial charge in [-0.25, -0.2) is 13.2 Å². The van der Waals surface area contributed by atoms with Gasteiger partial charge >= 0.3 is 5.97 Å². The Balaban J connectivity index is 3.21. The molecule has 2 N–H and O–H groups in total. The molecule has 0 bridgehead atoms. The van der Waals surface area contributed by atoms with Crippen molar-refractivity contribution in [2.24, 2.45) is 0 Å². The lowest BCUT2D eigenvalue weighted by atomic mass is 10.1. The quantitative estimate of drug-likeness (QED) is 0.692. The van der Waals surface area contributed by atoms with Gasteiger partial charge in [-0.1, -0.05) is 33.3 Å². The lowest BCUT2D eigenvalue weighted by Crippen LogP contribution is -2.41. The summed E-state index contributed by atoms with van der Waals surface area (Å²) in [4.78, 5) is 23.7. The Morgan fingerprint density at radius 2 is 1.80 bits per heavy atom. The Hall–Kier alpha value is -1.93. The van der Waals surface area contributed by atoms with Crippen molar-refractivity contribution >= 4 is 21.9 Å². The van der Waals surface area contributed by atoms with E-state index in [1.807, 2.05) is 6.92 Å². The van der Waals surface area contributed by atoms with E-state index in [1.54, 1.807) is 26.8 Å². The van der Waals surface area contributed by atoms with Crippen LogP contribution in [-0.4, -0.2) is 48.8 Å². The third-order valence-corrected chi connectivity index (χ3v) is 6.02. The van der Waals surface area contributed by atoms with Gasteiger partial charge in [0.25, 0.3) is 5.91 Å². The van der Waals surface area contributed by atoms with Crippen LogP contribution in [0.25, 0.3) is 0 Å². The molecular weight excluding hydrogens is 344 g/mol. The van der Waals surface area contributed by atoms with E-state index in [9.17, 15) is 23.1 Å². The second-order valence-corrected chi connectivity index (χ2v) is 7.66. The summed E-state index contributed by atoms with van der Waals surface area (Å²) in [5.41, 5.74) is 0.743. The van der Waals surface area contributed by atoms with Crippen LogP contribution in [0.1, 0.15) is 49.5 Å². The predicted molar refractivity (Wildman–Crippen MR) is 95.1 cm³/mol. The smallest absolute Gasteiger partial charge is 0.326 e. The van der Waals surface area contributed by atoms with Crippen LogP contribution >= 0.6 is 0 Å². The van der Waals surface area contributed by atoms with E-state index in [-0.39, 0.29) is 10.5 Å². The average Bonchev–Trinajstić information content (AvgIpc) is 2.55. The van der Waals surface area contributed by atoms with Crippen molar-refractivity contribution in [3.05, 3.63) is 29.3 Å². The van der Waals surface area contributed by atoms with Gasteiger partial charge in [0, 0.05) is 18.7 Å². The Kier molecular flexibility index (Phi) is 7.57. The van der Waals surface area contributed by atoms with Gasteiger partial charge in [0.2, 0.25) is 10.0 Å². The molecule has 140 valence electrons. The second-order valence-electron chi connectivity index (χ2n) is 5.72. The molecule has 1 aromatic carbocycles. The van der Waals surface area contributed by atoms with E-state index >= 15 is 0 Å². The number of carboxylic acid groups (broad SMARTS) is 1. The van der Waals surface area contributed by atoms with Gasteiger partial charge in [0.15, 0.2) is 0 Å². The van der Waals surface area contributed by atoms with E-state index in [2.05, 4.69) is 5.32 Å². The van der Waals surface area contributed by atoms with Gasteiger partial charge in [-0.3, -0.25) is 4.79 Å². The van der Waals surface area contributed by atoms with E-state index in [0.717, 1.165) is 0 Å². The molecule has 1 atom stereocenters. The number of carboxylic acids is 1. The topological polar surface area (TPSA) is 104 Å². The molecular formula is C17H26N2O5S. The molecule has 0 radical (unpaired) electrons. The maximum atomic E-state index is 12.6. The number of hydrogen-bond acceptors (Lipinski definition) is 4. The minimum Gasteiger partial charge on any atom is -0.480 e.